The van der Waals surface area contributed by atoms with Gasteiger partial charge in [0.2, 0.25) is 0 Å². The minimum absolute atomic E-state index is 0.542. The molecule has 2 nitrogen and oxygen atoms in total. The molecule has 0 spiro atoms. The van der Waals surface area contributed by atoms with Crippen LogP contribution in [0, 0.1) is 6.92 Å². The highest BCUT2D eigenvalue weighted by Crippen LogP contribution is 2.18. The van der Waals surface area contributed by atoms with Crippen LogP contribution in [0.15, 0.2) is 29.3 Å². The molecular weight excluding hydrogens is 204 g/mol. The van der Waals surface area contributed by atoms with Gasteiger partial charge in [-0.25, -0.2) is 0 Å². The minimum atomic E-state index is 0.542. The van der Waals surface area contributed by atoms with E-state index >= 15 is 0 Å². The molecule has 1 rings (SSSR count). The average molecular weight is 222 g/mol. The normalized spacial score (nSPS) is 11.9. The van der Waals surface area contributed by atoms with E-state index in [1.165, 1.54) is 5.56 Å². The number of benzene rings is 1. The molecule has 0 fully saturated rings. The van der Waals surface area contributed by atoms with E-state index in [-0.39, 0.29) is 0 Å². The van der Waals surface area contributed by atoms with E-state index < -0.39 is 0 Å². The number of amidine groups is 1. The summed E-state index contributed by atoms with van der Waals surface area (Å²) in [5.41, 5.74) is 2.37. The first-order valence-corrected chi connectivity index (χ1v) is 5.97. The van der Waals surface area contributed by atoms with Gasteiger partial charge in [0.1, 0.15) is 0 Å². The summed E-state index contributed by atoms with van der Waals surface area (Å²) in [4.78, 5) is 4.23. The number of aryl methyl sites for hydroxylation is 1. The summed E-state index contributed by atoms with van der Waals surface area (Å²) in [6.07, 6.45) is 0. The molecule has 0 radical (unpaired) electrons. The van der Waals surface area contributed by atoms with E-state index in [0.29, 0.717) is 5.25 Å². The third-order valence-electron chi connectivity index (χ3n) is 1.94. The number of nitrogens with zero attached hydrogens (tertiary/aromatic N) is 1. The van der Waals surface area contributed by atoms with Crippen LogP contribution in [0.2, 0.25) is 0 Å². The van der Waals surface area contributed by atoms with E-state index in [1.807, 2.05) is 19.2 Å². The molecule has 0 bridgehead atoms. The molecule has 0 aromatic heterocycles. The topological polar surface area (TPSA) is 24.4 Å². The van der Waals surface area contributed by atoms with Gasteiger partial charge in [-0.05, 0) is 18.6 Å². The van der Waals surface area contributed by atoms with Crippen LogP contribution in [0.3, 0.4) is 0 Å². The summed E-state index contributed by atoms with van der Waals surface area (Å²) in [5.74, 6) is 0. The predicted molar refractivity (Wildman–Crippen MR) is 70.9 cm³/mol. The van der Waals surface area contributed by atoms with Crippen LogP contribution < -0.4 is 5.32 Å². The van der Waals surface area contributed by atoms with Gasteiger partial charge in [-0.2, -0.15) is 0 Å². The molecule has 0 saturated heterocycles. The van der Waals surface area contributed by atoms with Crippen molar-refractivity contribution in [1.82, 2.24) is 0 Å². The maximum Gasteiger partial charge on any atom is 0.161 e. The first-order valence-electron chi connectivity index (χ1n) is 5.09. The molecule has 1 aromatic carbocycles. The van der Waals surface area contributed by atoms with Crippen LogP contribution in [0.25, 0.3) is 0 Å². The zero-order valence-corrected chi connectivity index (χ0v) is 10.6. The highest BCUT2D eigenvalue weighted by molar-refractivity contribution is 8.14. The van der Waals surface area contributed by atoms with Gasteiger partial charge in [-0.3, -0.25) is 4.99 Å². The second-order valence-electron chi connectivity index (χ2n) is 3.64. The van der Waals surface area contributed by atoms with Crippen LogP contribution >= 0.6 is 11.8 Å². The number of rotatable bonds is 2. The predicted octanol–water partition coefficient (Wildman–Crippen LogP) is 3.53. The number of nitrogens with one attached hydrogen (secondary N) is 1. The molecule has 0 amide bonds. The highest BCUT2D eigenvalue weighted by atomic mass is 32.2. The number of anilines is 1. The lowest BCUT2D eigenvalue weighted by Gasteiger charge is -2.12. The van der Waals surface area contributed by atoms with Crippen LogP contribution in [0.5, 0.6) is 0 Å². The summed E-state index contributed by atoms with van der Waals surface area (Å²) in [6.45, 7) is 6.42. The van der Waals surface area contributed by atoms with Crippen molar-refractivity contribution in [3.63, 3.8) is 0 Å². The Kier molecular flexibility index (Phi) is 4.69. The highest BCUT2D eigenvalue weighted by Gasteiger charge is 2.04. The fraction of sp³-hybridized carbons (Fsp3) is 0.417. The third-order valence-corrected chi connectivity index (χ3v) is 2.92. The first kappa shape index (κ1) is 12.1. The van der Waals surface area contributed by atoms with Crippen LogP contribution in [-0.2, 0) is 0 Å². The van der Waals surface area contributed by atoms with Crippen molar-refractivity contribution in [2.24, 2.45) is 4.99 Å². The summed E-state index contributed by atoms with van der Waals surface area (Å²) >= 11 is 1.74. The van der Waals surface area contributed by atoms with E-state index in [4.69, 9.17) is 0 Å². The van der Waals surface area contributed by atoms with Gasteiger partial charge in [-0.1, -0.05) is 43.8 Å². The lowest BCUT2D eigenvalue weighted by molar-refractivity contribution is 1.12. The standard InChI is InChI=1S/C12H18N2S/c1-9(2)15-12(13-4)14-11-8-6-5-7-10(11)3/h5-9H,1-4H3,(H,13,14). The Labute approximate surface area is 96.2 Å². The molecule has 15 heavy (non-hydrogen) atoms. The molecule has 0 aliphatic carbocycles. The molecule has 0 atom stereocenters. The number of hydrogen-bond acceptors (Lipinski definition) is 2. The molecule has 0 heterocycles. The van der Waals surface area contributed by atoms with Crippen molar-refractivity contribution in [1.29, 1.82) is 0 Å². The molecule has 1 N–H and O–H groups in total. The van der Waals surface area contributed by atoms with Crippen molar-refractivity contribution in [3.05, 3.63) is 29.8 Å². The van der Waals surface area contributed by atoms with Gasteiger partial charge in [-0.15, -0.1) is 0 Å². The lowest BCUT2D eigenvalue weighted by Crippen LogP contribution is -2.11. The van der Waals surface area contributed by atoms with Gasteiger partial charge in [0.15, 0.2) is 5.17 Å². The van der Waals surface area contributed by atoms with Gasteiger partial charge in [0.25, 0.3) is 0 Å². The van der Waals surface area contributed by atoms with E-state index in [2.05, 4.69) is 43.2 Å². The maximum atomic E-state index is 4.23. The molecule has 3 heteroatoms. The van der Waals surface area contributed by atoms with Crippen molar-refractivity contribution in [3.8, 4) is 0 Å². The molecule has 0 aliphatic heterocycles. The fourth-order valence-corrected chi connectivity index (χ4v) is 1.91. The van der Waals surface area contributed by atoms with E-state index in [9.17, 15) is 0 Å². The van der Waals surface area contributed by atoms with Crippen molar-refractivity contribution in [2.45, 2.75) is 26.0 Å². The Morgan fingerprint density at radius 1 is 1.33 bits per heavy atom. The second-order valence-corrected chi connectivity index (χ2v) is 5.20. The molecule has 0 unspecified atom stereocenters. The number of thioether (sulfide) groups is 1. The van der Waals surface area contributed by atoms with Crippen LogP contribution in [-0.4, -0.2) is 17.5 Å². The van der Waals surface area contributed by atoms with Gasteiger partial charge < -0.3 is 5.32 Å². The lowest BCUT2D eigenvalue weighted by atomic mass is 10.2. The van der Waals surface area contributed by atoms with Crippen molar-refractivity contribution < 1.29 is 0 Å². The third kappa shape index (κ3) is 3.96. The van der Waals surface area contributed by atoms with Crippen molar-refractivity contribution in [2.75, 3.05) is 12.4 Å². The van der Waals surface area contributed by atoms with Crippen LogP contribution in [0.4, 0.5) is 5.69 Å². The van der Waals surface area contributed by atoms with Gasteiger partial charge >= 0.3 is 0 Å². The Bertz CT molecular complexity index is 345. The van der Waals surface area contributed by atoms with Gasteiger partial charge in [0.05, 0.1) is 0 Å². The Hall–Kier alpha value is -0.960. The monoisotopic (exact) mass is 222 g/mol. The van der Waals surface area contributed by atoms with Gasteiger partial charge in [0, 0.05) is 18.0 Å². The van der Waals surface area contributed by atoms with Crippen LogP contribution in [0.1, 0.15) is 19.4 Å². The van der Waals surface area contributed by atoms with Crippen molar-refractivity contribution >= 4 is 22.6 Å². The largest absolute Gasteiger partial charge is 0.335 e. The number of hydrogen-bond donors (Lipinski definition) is 1. The molecular formula is C12H18N2S. The fourth-order valence-electron chi connectivity index (χ4n) is 1.19. The average Bonchev–Trinajstić information content (AvgIpc) is 2.19. The Morgan fingerprint density at radius 3 is 2.53 bits per heavy atom. The number of aliphatic imine (C=N–C) groups is 1. The Morgan fingerprint density at radius 2 is 2.00 bits per heavy atom. The summed E-state index contributed by atoms with van der Waals surface area (Å²) in [7, 11) is 1.82. The number of para-hydroxylation sites is 1. The zero-order valence-electron chi connectivity index (χ0n) is 9.74. The molecule has 82 valence electrons. The van der Waals surface area contributed by atoms with E-state index in [1.54, 1.807) is 11.8 Å². The smallest absolute Gasteiger partial charge is 0.161 e. The second kappa shape index (κ2) is 5.81. The summed E-state index contributed by atoms with van der Waals surface area (Å²) < 4.78 is 0. The SMILES string of the molecule is CN=C(Nc1ccccc1C)SC(C)C. The quantitative estimate of drug-likeness (QED) is 0.611. The minimum Gasteiger partial charge on any atom is -0.335 e. The maximum absolute atomic E-state index is 4.23. The van der Waals surface area contributed by atoms with E-state index in [0.717, 1.165) is 10.9 Å². The molecule has 1 aromatic rings. The summed E-state index contributed by atoms with van der Waals surface area (Å²) in [5, 5.41) is 4.85. The molecule has 0 aliphatic rings. The first-order chi connectivity index (χ1) is 7.13. The Balaban J connectivity index is 2.72. The molecule has 0 saturated carbocycles. The summed E-state index contributed by atoms with van der Waals surface area (Å²) in [6, 6.07) is 8.23. The zero-order chi connectivity index (χ0) is 11.3.